The average Bonchev–Trinajstić information content (AvgIpc) is 3.21. The molecule has 0 fully saturated rings. The van der Waals surface area contributed by atoms with Gasteiger partial charge in [0.2, 0.25) is 0 Å². The molecule has 1 atom stereocenters. The second-order valence-corrected chi connectivity index (χ2v) is 11.4. The number of esters is 1. The number of carbonyl (C=O) groups excluding carboxylic acids is 1. The predicted molar refractivity (Wildman–Crippen MR) is 161 cm³/mol. The van der Waals surface area contributed by atoms with E-state index in [1.54, 1.807) is 53.4 Å². The summed E-state index contributed by atoms with van der Waals surface area (Å²) in [5.41, 5.74) is 1.81. The number of hydrogen-bond acceptors (Lipinski definition) is 9. The van der Waals surface area contributed by atoms with E-state index in [1.807, 2.05) is 32.0 Å². The van der Waals surface area contributed by atoms with Crippen LogP contribution in [0.1, 0.15) is 44.9 Å². The number of fused-ring (bicyclic) bond motifs is 1. The van der Waals surface area contributed by atoms with Crippen LogP contribution in [-0.2, 0) is 9.53 Å². The Labute approximate surface area is 249 Å². The number of nitrogens with zero attached hydrogens (tertiary/aromatic N) is 2. The summed E-state index contributed by atoms with van der Waals surface area (Å²) in [6.45, 7) is 7.52. The second kappa shape index (κ2) is 12.5. The molecule has 1 aliphatic heterocycles. The molecule has 2 heterocycles. The molecular weight excluding hydrogens is 647 g/mol. The van der Waals surface area contributed by atoms with Crippen LogP contribution in [0.5, 0.6) is 23.0 Å². The number of benzene rings is 2. The van der Waals surface area contributed by atoms with Gasteiger partial charge in [-0.25, -0.2) is 9.79 Å². The number of halogens is 1. The van der Waals surface area contributed by atoms with Gasteiger partial charge in [0.05, 0.1) is 55.9 Å². The zero-order valence-electron chi connectivity index (χ0n) is 23.4. The van der Waals surface area contributed by atoms with E-state index in [4.69, 9.17) is 23.7 Å². The molecule has 0 saturated carbocycles. The Kier molecular flexibility index (Phi) is 9.24. The van der Waals surface area contributed by atoms with Gasteiger partial charge in [-0.05, 0) is 86.2 Å². The van der Waals surface area contributed by atoms with E-state index in [2.05, 4.69) is 27.6 Å². The molecule has 0 saturated heterocycles. The van der Waals surface area contributed by atoms with Crippen LogP contribution in [0.25, 0.3) is 6.08 Å². The molecule has 0 unspecified atom stereocenters. The number of carbonyl (C=O) groups is 1. The van der Waals surface area contributed by atoms with Gasteiger partial charge in [0.25, 0.3) is 5.56 Å². The van der Waals surface area contributed by atoms with Crippen LogP contribution in [0.4, 0.5) is 0 Å². The van der Waals surface area contributed by atoms with Crippen LogP contribution in [0.15, 0.2) is 51.4 Å². The van der Waals surface area contributed by atoms with Crippen molar-refractivity contribution >= 4 is 46.0 Å². The first kappa shape index (κ1) is 29.7. The van der Waals surface area contributed by atoms with Crippen LogP contribution < -0.4 is 33.8 Å². The third-order valence-corrected chi connectivity index (χ3v) is 7.75. The van der Waals surface area contributed by atoms with Crippen LogP contribution in [0.2, 0.25) is 0 Å². The molecule has 0 amide bonds. The third kappa shape index (κ3) is 5.75. The van der Waals surface area contributed by atoms with E-state index in [9.17, 15) is 9.59 Å². The zero-order chi connectivity index (χ0) is 29.1. The maximum Gasteiger partial charge on any atom is 0.338 e. The number of hydrogen-bond donors (Lipinski definition) is 0. The number of allylic oxidation sites excluding steroid dienone is 1. The van der Waals surface area contributed by atoms with E-state index in [0.29, 0.717) is 49.2 Å². The van der Waals surface area contributed by atoms with Crippen LogP contribution >= 0.6 is 33.9 Å². The lowest BCUT2D eigenvalue weighted by Gasteiger charge is -2.25. The summed E-state index contributed by atoms with van der Waals surface area (Å²) >= 11 is 3.42. The van der Waals surface area contributed by atoms with Gasteiger partial charge >= 0.3 is 5.97 Å². The van der Waals surface area contributed by atoms with Gasteiger partial charge < -0.3 is 23.7 Å². The van der Waals surface area contributed by atoms with E-state index in [1.165, 1.54) is 15.9 Å². The molecule has 0 aliphatic carbocycles. The summed E-state index contributed by atoms with van der Waals surface area (Å²) in [5, 5.41) is 0. The summed E-state index contributed by atoms with van der Waals surface area (Å²) < 4.78 is 30.9. The summed E-state index contributed by atoms with van der Waals surface area (Å²) in [7, 11) is 4.67. The van der Waals surface area contributed by atoms with Gasteiger partial charge in [-0.15, -0.1) is 0 Å². The molecule has 212 valence electrons. The molecule has 2 aromatic carbocycles. The Morgan fingerprint density at radius 1 is 1.10 bits per heavy atom. The van der Waals surface area contributed by atoms with E-state index < -0.39 is 12.0 Å². The SMILES string of the molecule is CCOC(=O)C1=C(C)N=c2s/c(=C/c3cc(I)cc(OC)c3OC)c(=O)n2[C@H]1c1ccc(OC(C)C)c(OC)c1. The lowest BCUT2D eigenvalue weighted by molar-refractivity contribution is -0.139. The smallest absolute Gasteiger partial charge is 0.338 e. The van der Waals surface area contributed by atoms with Crippen molar-refractivity contribution in [2.75, 3.05) is 27.9 Å². The highest BCUT2D eigenvalue weighted by atomic mass is 127. The molecule has 3 aromatic rings. The molecule has 0 bridgehead atoms. The second-order valence-electron chi connectivity index (χ2n) is 9.11. The Balaban J connectivity index is 1.98. The minimum atomic E-state index is -0.785. The van der Waals surface area contributed by atoms with Crippen molar-refractivity contribution in [2.45, 2.75) is 39.8 Å². The molecule has 4 rings (SSSR count). The highest BCUT2D eigenvalue weighted by Gasteiger charge is 2.34. The molecule has 1 aromatic heterocycles. The summed E-state index contributed by atoms with van der Waals surface area (Å²) in [4.78, 5) is 32.4. The fourth-order valence-corrected chi connectivity index (χ4v) is 6.18. The van der Waals surface area contributed by atoms with Crippen molar-refractivity contribution < 1.29 is 28.5 Å². The summed E-state index contributed by atoms with van der Waals surface area (Å²) in [6, 6.07) is 8.37. The van der Waals surface area contributed by atoms with E-state index in [0.717, 1.165) is 3.57 Å². The predicted octanol–water partition coefficient (Wildman–Crippen LogP) is 4.22. The Morgan fingerprint density at radius 3 is 2.45 bits per heavy atom. The number of rotatable bonds is 9. The zero-order valence-corrected chi connectivity index (χ0v) is 26.3. The highest BCUT2D eigenvalue weighted by Crippen LogP contribution is 2.37. The van der Waals surface area contributed by atoms with Gasteiger partial charge in [-0.2, -0.15) is 0 Å². The molecule has 0 radical (unpaired) electrons. The Hall–Kier alpha value is -3.32. The normalized spacial score (nSPS) is 15.0. The lowest BCUT2D eigenvalue weighted by atomic mass is 9.95. The van der Waals surface area contributed by atoms with E-state index in [-0.39, 0.29) is 23.8 Å². The molecule has 40 heavy (non-hydrogen) atoms. The maximum absolute atomic E-state index is 14.0. The minimum absolute atomic E-state index is 0.0636. The number of thiazole rings is 1. The molecular formula is C29H31IN2O7S. The first-order chi connectivity index (χ1) is 19.1. The molecule has 0 N–H and O–H groups in total. The fraction of sp³-hybridized carbons (Fsp3) is 0.345. The van der Waals surface area contributed by atoms with Gasteiger partial charge in [0.15, 0.2) is 27.8 Å². The number of aromatic nitrogens is 1. The maximum atomic E-state index is 14.0. The molecule has 1 aliphatic rings. The Morgan fingerprint density at radius 2 is 1.82 bits per heavy atom. The van der Waals surface area contributed by atoms with Crippen molar-refractivity contribution in [3.8, 4) is 23.0 Å². The largest absolute Gasteiger partial charge is 0.493 e. The Bertz CT molecular complexity index is 1660. The van der Waals surface area contributed by atoms with Crippen molar-refractivity contribution in [2.24, 2.45) is 4.99 Å². The first-order valence-electron chi connectivity index (χ1n) is 12.6. The van der Waals surface area contributed by atoms with Gasteiger partial charge in [0.1, 0.15) is 0 Å². The first-order valence-corrected chi connectivity index (χ1v) is 14.5. The van der Waals surface area contributed by atoms with Gasteiger partial charge in [-0.3, -0.25) is 9.36 Å². The van der Waals surface area contributed by atoms with Crippen molar-refractivity contribution in [3.63, 3.8) is 0 Å². The molecule has 9 nitrogen and oxygen atoms in total. The number of ether oxygens (including phenoxy) is 5. The minimum Gasteiger partial charge on any atom is -0.493 e. The standard InChI is InChI=1S/C29H31IN2O7S/c1-8-38-28(34)24-16(4)31-29-32(25(24)17-9-10-20(39-15(2)3)21(12-17)35-5)27(33)23(40-29)13-18-11-19(30)14-22(36-6)26(18)37-7/h9-15,25H,8H2,1-7H3/b23-13+/t25-/m0/s1. The topological polar surface area (TPSA) is 97.6 Å². The highest BCUT2D eigenvalue weighted by molar-refractivity contribution is 14.1. The lowest BCUT2D eigenvalue weighted by Crippen LogP contribution is -2.40. The monoisotopic (exact) mass is 678 g/mol. The summed E-state index contributed by atoms with van der Waals surface area (Å²) in [5.74, 6) is 1.59. The van der Waals surface area contributed by atoms with Crippen LogP contribution in [0.3, 0.4) is 0 Å². The van der Waals surface area contributed by atoms with Crippen molar-refractivity contribution in [3.05, 3.63) is 76.0 Å². The molecule has 0 spiro atoms. The number of methoxy groups -OCH3 is 3. The van der Waals surface area contributed by atoms with Crippen molar-refractivity contribution in [1.29, 1.82) is 0 Å². The molecule has 11 heteroatoms. The quantitative estimate of drug-likeness (QED) is 0.247. The third-order valence-electron chi connectivity index (χ3n) is 6.14. The average molecular weight is 679 g/mol. The van der Waals surface area contributed by atoms with Crippen LogP contribution in [0, 0.1) is 3.57 Å². The van der Waals surface area contributed by atoms with Crippen LogP contribution in [-0.4, -0.2) is 44.6 Å². The summed E-state index contributed by atoms with van der Waals surface area (Å²) in [6.07, 6.45) is 1.69. The van der Waals surface area contributed by atoms with Crippen molar-refractivity contribution in [1.82, 2.24) is 4.57 Å². The van der Waals surface area contributed by atoms with Gasteiger partial charge in [-0.1, -0.05) is 17.4 Å². The van der Waals surface area contributed by atoms with Gasteiger partial charge in [0, 0.05) is 9.13 Å². The van der Waals surface area contributed by atoms with E-state index >= 15 is 0 Å². The fourth-order valence-electron chi connectivity index (χ4n) is 4.52.